The molecule has 0 radical (unpaired) electrons. The lowest BCUT2D eigenvalue weighted by molar-refractivity contribution is 0.102. The van der Waals surface area contributed by atoms with Crippen LogP contribution in [0.2, 0.25) is 0 Å². The maximum absolute atomic E-state index is 13.5. The van der Waals surface area contributed by atoms with Crippen LogP contribution in [0.3, 0.4) is 0 Å². The molecule has 2 aromatic carbocycles. The van der Waals surface area contributed by atoms with E-state index < -0.39 is 17.5 Å². The number of anilines is 2. The van der Waals surface area contributed by atoms with Crippen molar-refractivity contribution in [2.24, 2.45) is 0 Å². The first-order valence-corrected chi connectivity index (χ1v) is 6.01. The van der Waals surface area contributed by atoms with Gasteiger partial charge >= 0.3 is 0 Å². The van der Waals surface area contributed by atoms with Gasteiger partial charge in [0.25, 0.3) is 5.91 Å². The Morgan fingerprint density at radius 1 is 1.05 bits per heavy atom. The van der Waals surface area contributed by atoms with Crippen LogP contribution in [-0.4, -0.2) is 20.0 Å². The topological polar surface area (TPSA) is 32.3 Å². The standard InChI is InChI=1S/C15H14F2N2O/c1-19(2)12-6-4-11(5-7-12)18-15(20)13-9-10(16)3-8-14(13)17/h3-9H,1-2H3,(H,18,20). The first-order chi connectivity index (χ1) is 9.47. The molecule has 3 nitrogen and oxygen atoms in total. The molecule has 0 saturated heterocycles. The van der Waals surface area contributed by atoms with Gasteiger partial charge in [-0.05, 0) is 42.5 Å². The van der Waals surface area contributed by atoms with E-state index in [4.69, 9.17) is 0 Å². The molecule has 0 bridgehead atoms. The van der Waals surface area contributed by atoms with Crippen LogP contribution in [0.5, 0.6) is 0 Å². The molecule has 0 aromatic heterocycles. The fourth-order valence-electron chi connectivity index (χ4n) is 1.71. The average Bonchev–Trinajstić information content (AvgIpc) is 2.42. The lowest BCUT2D eigenvalue weighted by Gasteiger charge is -2.13. The van der Waals surface area contributed by atoms with Crippen molar-refractivity contribution in [3.05, 3.63) is 59.7 Å². The molecular formula is C15H14F2N2O. The quantitative estimate of drug-likeness (QED) is 0.933. The van der Waals surface area contributed by atoms with Gasteiger partial charge in [-0.15, -0.1) is 0 Å². The molecule has 0 spiro atoms. The van der Waals surface area contributed by atoms with Gasteiger partial charge in [0, 0.05) is 25.5 Å². The molecule has 104 valence electrons. The fourth-order valence-corrected chi connectivity index (χ4v) is 1.71. The monoisotopic (exact) mass is 276 g/mol. The molecule has 2 rings (SSSR count). The van der Waals surface area contributed by atoms with Gasteiger partial charge < -0.3 is 10.2 Å². The van der Waals surface area contributed by atoms with Crippen molar-refractivity contribution in [1.82, 2.24) is 0 Å². The van der Waals surface area contributed by atoms with Crippen LogP contribution in [0, 0.1) is 11.6 Å². The summed E-state index contributed by atoms with van der Waals surface area (Å²) in [6.07, 6.45) is 0. The lowest BCUT2D eigenvalue weighted by atomic mass is 10.2. The Morgan fingerprint density at radius 2 is 1.70 bits per heavy atom. The second kappa shape index (κ2) is 5.69. The molecule has 0 aliphatic carbocycles. The number of hydrogen-bond donors (Lipinski definition) is 1. The minimum absolute atomic E-state index is 0.318. The SMILES string of the molecule is CN(C)c1ccc(NC(=O)c2cc(F)ccc2F)cc1. The van der Waals surface area contributed by atoms with E-state index in [-0.39, 0.29) is 5.56 Å². The summed E-state index contributed by atoms with van der Waals surface area (Å²) in [6.45, 7) is 0. The molecule has 0 aliphatic heterocycles. The summed E-state index contributed by atoms with van der Waals surface area (Å²) in [5.74, 6) is -2.09. The second-order valence-corrected chi connectivity index (χ2v) is 4.52. The zero-order chi connectivity index (χ0) is 14.7. The molecule has 0 heterocycles. The van der Waals surface area contributed by atoms with Crippen LogP contribution in [0.25, 0.3) is 0 Å². The molecule has 5 heteroatoms. The van der Waals surface area contributed by atoms with Crippen molar-refractivity contribution >= 4 is 17.3 Å². The highest BCUT2D eigenvalue weighted by Gasteiger charge is 2.13. The summed E-state index contributed by atoms with van der Waals surface area (Å²) in [7, 11) is 3.80. The number of carbonyl (C=O) groups is 1. The number of nitrogens with one attached hydrogen (secondary N) is 1. The van der Waals surface area contributed by atoms with Gasteiger partial charge in [-0.1, -0.05) is 0 Å². The highest BCUT2D eigenvalue weighted by molar-refractivity contribution is 6.04. The third-order valence-electron chi connectivity index (χ3n) is 2.81. The van der Waals surface area contributed by atoms with Crippen molar-refractivity contribution in [3.8, 4) is 0 Å². The van der Waals surface area contributed by atoms with E-state index in [0.717, 1.165) is 23.9 Å². The number of amides is 1. The van der Waals surface area contributed by atoms with E-state index in [2.05, 4.69) is 5.32 Å². The minimum Gasteiger partial charge on any atom is -0.378 e. The van der Waals surface area contributed by atoms with E-state index in [1.165, 1.54) is 0 Å². The number of carbonyl (C=O) groups excluding carboxylic acids is 1. The van der Waals surface area contributed by atoms with E-state index in [9.17, 15) is 13.6 Å². The summed E-state index contributed by atoms with van der Waals surface area (Å²) in [5, 5.41) is 2.53. The predicted octanol–water partition coefficient (Wildman–Crippen LogP) is 3.28. The Hall–Kier alpha value is -2.43. The molecular weight excluding hydrogens is 262 g/mol. The molecule has 2 aromatic rings. The van der Waals surface area contributed by atoms with Crippen molar-refractivity contribution in [3.63, 3.8) is 0 Å². The van der Waals surface area contributed by atoms with Crippen molar-refractivity contribution < 1.29 is 13.6 Å². The van der Waals surface area contributed by atoms with Crippen molar-refractivity contribution in [1.29, 1.82) is 0 Å². The summed E-state index contributed by atoms with van der Waals surface area (Å²) < 4.78 is 26.5. The summed E-state index contributed by atoms with van der Waals surface area (Å²) in [5.41, 5.74) is 1.17. The zero-order valence-electron chi connectivity index (χ0n) is 11.2. The van der Waals surface area contributed by atoms with E-state index >= 15 is 0 Å². The van der Waals surface area contributed by atoms with Gasteiger partial charge in [0.05, 0.1) is 5.56 Å². The van der Waals surface area contributed by atoms with Gasteiger partial charge in [-0.25, -0.2) is 8.78 Å². The average molecular weight is 276 g/mol. The summed E-state index contributed by atoms with van der Waals surface area (Å²) in [4.78, 5) is 13.8. The lowest BCUT2D eigenvalue weighted by Crippen LogP contribution is -2.14. The molecule has 0 atom stereocenters. The molecule has 0 saturated carbocycles. The first-order valence-electron chi connectivity index (χ1n) is 6.01. The van der Waals surface area contributed by atoms with Gasteiger partial charge in [0.15, 0.2) is 0 Å². The number of hydrogen-bond acceptors (Lipinski definition) is 2. The molecule has 0 unspecified atom stereocenters. The first kappa shape index (κ1) is 14.0. The Balaban J connectivity index is 2.17. The maximum atomic E-state index is 13.5. The fraction of sp³-hybridized carbons (Fsp3) is 0.133. The smallest absolute Gasteiger partial charge is 0.258 e. The third-order valence-corrected chi connectivity index (χ3v) is 2.81. The molecule has 1 amide bonds. The Morgan fingerprint density at radius 3 is 2.30 bits per heavy atom. The van der Waals surface area contributed by atoms with Crippen molar-refractivity contribution in [2.75, 3.05) is 24.3 Å². The number of rotatable bonds is 3. The highest BCUT2D eigenvalue weighted by Crippen LogP contribution is 2.17. The molecule has 0 fully saturated rings. The van der Waals surface area contributed by atoms with Crippen LogP contribution in [0.4, 0.5) is 20.2 Å². The number of benzene rings is 2. The van der Waals surface area contributed by atoms with E-state index in [0.29, 0.717) is 5.69 Å². The Bertz CT molecular complexity index is 624. The minimum atomic E-state index is -0.756. The van der Waals surface area contributed by atoms with Crippen LogP contribution in [0.1, 0.15) is 10.4 Å². The predicted molar refractivity (Wildman–Crippen MR) is 75.1 cm³/mol. The number of halogens is 2. The van der Waals surface area contributed by atoms with Gasteiger partial charge in [-0.3, -0.25) is 4.79 Å². The van der Waals surface area contributed by atoms with Crippen LogP contribution >= 0.6 is 0 Å². The summed E-state index contributed by atoms with van der Waals surface area (Å²) >= 11 is 0. The third kappa shape index (κ3) is 3.12. The molecule has 20 heavy (non-hydrogen) atoms. The largest absolute Gasteiger partial charge is 0.378 e. The maximum Gasteiger partial charge on any atom is 0.258 e. The Labute approximate surface area is 115 Å². The van der Waals surface area contributed by atoms with Gasteiger partial charge in [0.2, 0.25) is 0 Å². The second-order valence-electron chi connectivity index (χ2n) is 4.52. The van der Waals surface area contributed by atoms with Crippen LogP contribution < -0.4 is 10.2 Å². The van der Waals surface area contributed by atoms with E-state index in [1.807, 2.05) is 31.1 Å². The highest BCUT2D eigenvalue weighted by atomic mass is 19.1. The normalized spacial score (nSPS) is 10.2. The molecule has 0 aliphatic rings. The van der Waals surface area contributed by atoms with Gasteiger partial charge in [-0.2, -0.15) is 0 Å². The van der Waals surface area contributed by atoms with Crippen molar-refractivity contribution in [2.45, 2.75) is 0 Å². The molecule has 1 N–H and O–H groups in total. The van der Waals surface area contributed by atoms with Crippen LogP contribution in [0.15, 0.2) is 42.5 Å². The summed E-state index contributed by atoms with van der Waals surface area (Å²) in [6, 6.07) is 9.81. The zero-order valence-corrected chi connectivity index (χ0v) is 11.2. The Kier molecular flexibility index (Phi) is 3.98. The number of nitrogens with zero attached hydrogens (tertiary/aromatic N) is 1. The van der Waals surface area contributed by atoms with Crippen LogP contribution in [-0.2, 0) is 0 Å². The van der Waals surface area contributed by atoms with E-state index in [1.54, 1.807) is 12.1 Å². The van der Waals surface area contributed by atoms with Gasteiger partial charge in [0.1, 0.15) is 11.6 Å².